The van der Waals surface area contributed by atoms with Crippen molar-refractivity contribution in [1.29, 1.82) is 0 Å². The Hall–Kier alpha value is -1.26. The van der Waals surface area contributed by atoms with Crippen LogP contribution in [0.5, 0.6) is 0 Å². The van der Waals surface area contributed by atoms with E-state index in [1.165, 1.54) is 12.8 Å². The fraction of sp³-hybridized carbons (Fsp3) is 0.588. The molecule has 22 heavy (non-hydrogen) atoms. The molecule has 0 spiro atoms. The standard InChI is InChI=1S/C17H25ClN2O2/c1-11-6-5-7-13(15(11)18)14(10-19-12-8-9-12)20-16(21)22-17(2,3)4/h5-7,12,14,19H,8-10H2,1-4H3,(H,20,21). The molecular weight excluding hydrogens is 300 g/mol. The molecule has 2 rings (SSSR count). The molecule has 122 valence electrons. The number of benzene rings is 1. The van der Waals surface area contributed by atoms with Crippen LogP contribution in [0.1, 0.15) is 50.8 Å². The zero-order valence-corrected chi connectivity index (χ0v) is 14.5. The predicted molar refractivity (Wildman–Crippen MR) is 89.3 cm³/mol. The zero-order valence-electron chi connectivity index (χ0n) is 13.7. The summed E-state index contributed by atoms with van der Waals surface area (Å²) in [5, 5.41) is 7.07. The Bertz CT molecular complexity index is 536. The molecule has 1 atom stereocenters. The van der Waals surface area contributed by atoms with Crippen LogP contribution in [-0.2, 0) is 4.74 Å². The summed E-state index contributed by atoms with van der Waals surface area (Å²) in [6, 6.07) is 6.23. The van der Waals surface area contributed by atoms with Crippen molar-refractivity contribution in [3.8, 4) is 0 Å². The van der Waals surface area contributed by atoms with Crippen LogP contribution in [0.15, 0.2) is 18.2 Å². The molecule has 1 aliphatic rings. The third kappa shape index (κ3) is 5.18. The number of alkyl carbamates (subject to hydrolysis) is 1. The summed E-state index contributed by atoms with van der Waals surface area (Å²) in [6.45, 7) is 8.16. The normalized spacial score (nSPS) is 16.2. The highest BCUT2D eigenvalue weighted by atomic mass is 35.5. The van der Waals surface area contributed by atoms with Gasteiger partial charge in [0.2, 0.25) is 0 Å². The monoisotopic (exact) mass is 324 g/mol. The van der Waals surface area contributed by atoms with E-state index in [4.69, 9.17) is 16.3 Å². The molecule has 0 saturated heterocycles. The van der Waals surface area contributed by atoms with Crippen LogP contribution in [0, 0.1) is 6.92 Å². The van der Waals surface area contributed by atoms with E-state index in [-0.39, 0.29) is 6.04 Å². The van der Waals surface area contributed by atoms with Gasteiger partial charge in [-0.1, -0.05) is 29.8 Å². The molecule has 1 amide bonds. The number of carbonyl (C=O) groups excluding carboxylic acids is 1. The molecule has 2 N–H and O–H groups in total. The second kappa shape index (κ2) is 6.88. The van der Waals surface area contributed by atoms with E-state index in [0.717, 1.165) is 11.1 Å². The first kappa shape index (κ1) is 17.1. The third-order valence-electron chi connectivity index (χ3n) is 3.48. The average Bonchev–Trinajstić information content (AvgIpc) is 3.20. The SMILES string of the molecule is Cc1cccc(C(CNC2CC2)NC(=O)OC(C)(C)C)c1Cl. The van der Waals surface area contributed by atoms with E-state index in [0.29, 0.717) is 17.6 Å². The predicted octanol–water partition coefficient (Wildman–Crippen LogP) is 3.97. The maximum absolute atomic E-state index is 12.1. The highest BCUT2D eigenvalue weighted by Crippen LogP contribution is 2.27. The topological polar surface area (TPSA) is 50.4 Å². The Labute approximate surface area is 137 Å². The summed E-state index contributed by atoms with van der Waals surface area (Å²) in [4.78, 5) is 12.1. The molecule has 1 saturated carbocycles. The Morgan fingerprint density at radius 1 is 1.41 bits per heavy atom. The molecule has 1 aromatic rings. The second-order valence-corrected chi connectivity index (χ2v) is 7.24. The van der Waals surface area contributed by atoms with Gasteiger partial charge in [0.15, 0.2) is 0 Å². The largest absolute Gasteiger partial charge is 0.444 e. The number of rotatable bonds is 5. The van der Waals surface area contributed by atoms with Crippen LogP contribution in [0.4, 0.5) is 4.79 Å². The van der Waals surface area contributed by atoms with E-state index in [1.54, 1.807) is 0 Å². The number of ether oxygens (including phenoxy) is 1. The number of halogens is 1. The van der Waals surface area contributed by atoms with Gasteiger partial charge in [-0.15, -0.1) is 0 Å². The first-order valence-electron chi connectivity index (χ1n) is 7.74. The van der Waals surface area contributed by atoms with Crippen molar-refractivity contribution >= 4 is 17.7 Å². The lowest BCUT2D eigenvalue weighted by Crippen LogP contribution is -2.39. The smallest absolute Gasteiger partial charge is 0.408 e. The van der Waals surface area contributed by atoms with Gasteiger partial charge in [0.05, 0.1) is 6.04 Å². The first-order chi connectivity index (χ1) is 10.3. The van der Waals surface area contributed by atoms with Crippen LogP contribution < -0.4 is 10.6 Å². The van der Waals surface area contributed by atoms with Crippen LogP contribution in [0.25, 0.3) is 0 Å². The molecule has 0 bridgehead atoms. The van der Waals surface area contributed by atoms with Gasteiger partial charge in [0.1, 0.15) is 5.60 Å². The minimum Gasteiger partial charge on any atom is -0.444 e. The third-order valence-corrected chi connectivity index (χ3v) is 3.99. The fourth-order valence-electron chi connectivity index (χ4n) is 2.20. The molecule has 0 radical (unpaired) electrons. The summed E-state index contributed by atoms with van der Waals surface area (Å²) in [5.74, 6) is 0. The number of hydrogen-bond acceptors (Lipinski definition) is 3. The lowest BCUT2D eigenvalue weighted by molar-refractivity contribution is 0.0503. The molecule has 4 nitrogen and oxygen atoms in total. The van der Waals surface area contributed by atoms with Crippen molar-refractivity contribution < 1.29 is 9.53 Å². The van der Waals surface area contributed by atoms with E-state index in [2.05, 4.69) is 10.6 Å². The number of amides is 1. The maximum atomic E-state index is 12.1. The van der Waals surface area contributed by atoms with Gasteiger partial charge < -0.3 is 15.4 Å². The molecule has 0 aromatic heterocycles. The van der Waals surface area contributed by atoms with Crippen molar-refractivity contribution in [2.45, 2.75) is 58.2 Å². The van der Waals surface area contributed by atoms with Crippen molar-refractivity contribution in [2.75, 3.05) is 6.54 Å². The van der Waals surface area contributed by atoms with Crippen molar-refractivity contribution in [1.82, 2.24) is 10.6 Å². The molecule has 0 aliphatic heterocycles. The molecule has 1 aromatic carbocycles. The van der Waals surface area contributed by atoms with Crippen molar-refractivity contribution in [3.05, 3.63) is 34.3 Å². The Balaban J connectivity index is 2.11. The van der Waals surface area contributed by atoms with Gasteiger partial charge >= 0.3 is 6.09 Å². The maximum Gasteiger partial charge on any atom is 0.408 e. The van der Waals surface area contributed by atoms with E-state index < -0.39 is 11.7 Å². The van der Waals surface area contributed by atoms with E-state index in [9.17, 15) is 4.79 Å². The first-order valence-corrected chi connectivity index (χ1v) is 8.12. The molecule has 1 aliphatic carbocycles. The summed E-state index contributed by atoms with van der Waals surface area (Å²) in [6.07, 6.45) is 1.97. The second-order valence-electron chi connectivity index (χ2n) is 6.86. The molecule has 1 fully saturated rings. The van der Waals surface area contributed by atoms with Crippen LogP contribution in [0.3, 0.4) is 0 Å². The summed E-state index contributed by atoms with van der Waals surface area (Å²) < 4.78 is 5.36. The quantitative estimate of drug-likeness (QED) is 0.861. The molecule has 1 unspecified atom stereocenters. The molecular formula is C17H25ClN2O2. The summed E-state index contributed by atoms with van der Waals surface area (Å²) in [5.41, 5.74) is 1.40. The fourth-order valence-corrected chi connectivity index (χ4v) is 2.46. The molecule has 5 heteroatoms. The van der Waals surface area contributed by atoms with Gasteiger partial charge in [0.25, 0.3) is 0 Å². The van der Waals surface area contributed by atoms with Crippen LogP contribution in [-0.4, -0.2) is 24.3 Å². The highest BCUT2D eigenvalue weighted by Gasteiger charge is 2.26. The van der Waals surface area contributed by atoms with E-state index >= 15 is 0 Å². The number of nitrogens with one attached hydrogen (secondary N) is 2. The Morgan fingerprint density at radius 2 is 2.09 bits per heavy atom. The van der Waals surface area contributed by atoms with Gasteiger partial charge in [0, 0.05) is 17.6 Å². The van der Waals surface area contributed by atoms with Gasteiger partial charge in [-0.25, -0.2) is 4.79 Å². The van der Waals surface area contributed by atoms with Gasteiger partial charge in [-0.2, -0.15) is 0 Å². The minimum atomic E-state index is -0.519. The van der Waals surface area contributed by atoms with Gasteiger partial charge in [-0.05, 0) is 51.7 Å². The highest BCUT2D eigenvalue weighted by molar-refractivity contribution is 6.32. The zero-order chi connectivity index (χ0) is 16.3. The number of aryl methyl sites for hydroxylation is 1. The average molecular weight is 325 g/mol. The molecule has 0 heterocycles. The Morgan fingerprint density at radius 3 is 2.68 bits per heavy atom. The van der Waals surface area contributed by atoms with Crippen molar-refractivity contribution in [3.63, 3.8) is 0 Å². The van der Waals surface area contributed by atoms with Crippen LogP contribution in [0.2, 0.25) is 5.02 Å². The lowest BCUT2D eigenvalue weighted by Gasteiger charge is -2.25. The van der Waals surface area contributed by atoms with E-state index in [1.807, 2.05) is 45.9 Å². The lowest BCUT2D eigenvalue weighted by atomic mass is 10.0. The summed E-state index contributed by atoms with van der Waals surface area (Å²) >= 11 is 6.42. The minimum absolute atomic E-state index is 0.206. The summed E-state index contributed by atoms with van der Waals surface area (Å²) in [7, 11) is 0. The van der Waals surface area contributed by atoms with Gasteiger partial charge in [-0.3, -0.25) is 0 Å². The number of hydrogen-bond donors (Lipinski definition) is 2. The van der Waals surface area contributed by atoms with Crippen LogP contribution >= 0.6 is 11.6 Å². The Kier molecular flexibility index (Phi) is 5.35. The van der Waals surface area contributed by atoms with Crippen molar-refractivity contribution in [2.24, 2.45) is 0 Å². The number of carbonyl (C=O) groups is 1.